The molecule has 0 aromatic carbocycles. The summed E-state index contributed by atoms with van der Waals surface area (Å²) in [6.07, 6.45) is 4.26. The molecule has 0 aromatic rings. The lowest BCUT2D eigenvalue weighted by molar-refractivity contribution is -0.148. The van der Waals surface area contributed by atoms with Crippen LogP contribution in [0.25, 0.3) is 0 Å². The maximum absolute atomic E-state index is 12.2. The van der Waals surface area contributed by atoms with Crippen LogP contribution in [0.15, 0.2) is 0 Å². The quantitative estimate of drug-likeness (QED) is 0.590. The molecule has 5 heteroatoms. The van der Waals surface area contributed by atoms with E-state index >= 15 is 0 Å². The summed E-state index contributed by atoms with van der Waals surface area (Å²) in [4.78, 5) is 14.6. The largest absolute Gasteiger partial charge is 0.468 e. The zero-order valence-corrected chi connectivity index (χ0v) is 14.3. The normalized spacial score (nSPS) is 19.3. The van der Waals surface area contributed by atoms with Crippen molar-refractivity contribution in [2.75, 3.05) is 33.9 Å². The molecule has 0 spiro atoms. The van der Waals surface area contributed by atoms with Crippen molar-refractivity contribution in [3.8, 4) is 0 Å². The van der Waals surface area contributed by atoms with Gasteiger partial charge in [0.1, 0.15) is 5.54 Å². The van der Waals surface area contributed by atoms with Crippen molar-refractivity contribution in [3.63, 3.8) is 0 Å². The Labute approximate surface area is 129 Å². The van der Waals surface area contributed by atoms with Crippen LogP contribution >= 0.6 is 0 Å². The summed E-state index contributed by atoms with van der Waals surface area (Å²) in [6.45, 7) is 8.73. The summed E-state index contributed by atoms with van der Waals surface area (Å²) in [7, 11) is 3.19. The van der Waals surface area contributed by atoms with Gasteiger partial charge in [0.2, 0.25) is 0 Å². The second-order valence-electron chi connectivity index (χ2n) is 6.27. The zero-order valence-electron chi connectivity index (χ0n) is 14.3. The third-order valence-corrected chi connectivity index (χ3v) is 4.24. The van der Waals surface area contributed by atoms with Crippen LogP contribution in [0.5, 0.6) is 0 Å². The lowest BCUT2D eigenvalue weighted by Gasteiger charge is -2.36. The Bertz CT molecular complexity index is 321. The maximum Gasteiger partial charge on any atom is 0.325 e. The molecule has 1 N–H and O–H groups in total. The second kappa shape index (κ2) is 8.71. The molecule has 1 rings (SSSR count). The first-order chi connectivity index (χ1) is 9.98. The molecule has 1 aliphatic rings. The number of hydrogen-bond donors (Lipinski definition) is 1. The molecule has 124 valence electrons. The third-order valence-electron chi connectivity index (χ3n) is 4.24. The number of ether oxygens (including phenoxy) is 2. The number of carbonyl (C=O) groups is 1. The topological polar surface area (TPSA) is 50.8 Å². The first-order valence-corrected chi connectivity index (χ1v) is 8.06. The van der Waals surface area contributed by atoms with Gasteiger partial charge < -0.3 is 14.8 Å². The minimum Gasteiger partial charge on any atom is -0.468 e. The van der Waals surface area contributed by atoms with Gasteiger partial charge in [0, 0.05) is 25.7 Å². The van der Waals surface area contributed by atoms with Gasteiger partial charge >= 0.3 is 5.97 Å². The number of rotatable bonds is 11. The minimum absolute atomic E-state index is 0.176. The Morgan fingerprint density at radius 3 is 2.57 bits per heavy atom. The molecule has 21 heavy (non-hydrogen) atoms. The van der Waals surface area contributed by atoms with E-state index in [1.807, 2.05) is 6.92 Å². The monoisotopic (exact) mass is 300 g/mol. The van der Waals surface area contributed by atoms with Crippen LogP contribution in [0.1, 0.15) is 46.5 Å². The first-order valence-electron chi connectivity index (χ1n) is 8.06. The number of nitrogens with one attached hydrogen (secondary N) is 1. The average molecular weight is 300 g/mol. The van der Waals surface area contributed by atoms with Crippen molar-refractivity contribution in [2.45, 2.75) is 64.1 Å². The van der Waals surface area contributed by atoms with E-state index in [9.17, 15) is 4.79 Å². The maximum atomic E-state index is 12.2. The highest BCUT2D eigenvalue weighted by Gasteiger charge is 2.39. The van der Waals surface area contributed by atoms with E-state index in [1.54, 1.807) is 7.11 Å². The Kier molecular flexibility index (Phi) is 7.63. The second-order valence-corrected chi connectivity index (χ2v) is 6.27. The minimum atomic E-state index is -0.621. The van der Waals surface area contributed by atoms with Crippen LogP contribution in [0.3, 0.4) is 0 Å². The van der Waals surface area contributed by atoms with Crippen molar-refractivity contribution >= 4 is 5.97 Å². The number of methoxy groups -OCH3 is 2. The summed E-state index contributed by atoms with van der Waals surface area (Å²) < 4.78 is 10.2. The summed E-state index contributed by atoms with van der Waals surface area (Å²) in [5.41, 5.74) is -0.621. The van der Waals surface area contributed by atoms with Gasteiger partial charge in [0.15, 0.2) is 0 Å². The molecule has 0 aromatic heterocycles. The predicted molar refractivity (Wildman–Crippen MR) is 84.4 cm³/mol. The molecule has 0 saturated heterocycles. The van der Waals surface area contributed by atoms with Crippen LogP contribution in [0.4, 0.5) is 0 Å². The van der Waals surface area contributed by atoms with E-state index in [-0.39, 0.29) is 5.97 Å². The predicted octanol–water partition coefficient (Wildman–Crippen LogP) is 1.81. The molecule has 1 saturated carbocycles. The molecule has 0 heterocycles. The Balaban J connectivity index is 2.68. The van der Waals surface area contributed by atoms with E-state index in [4.69, 9.17) is 9.47 Å². The van der Waals surface area contributed by atoms with Gasteiger partial charge in [-0.3, -0.25) is 9.69 Å². The van der Waals surface area contributed by atoms with Gasteiger partial charge in [0.05, 0.1) is 13.7 Å². The molecule has 2 unspecified atom stereocenters. The number of nitrogens with zero attached hydrogens (tertiary/aromatic N) is 1. The molecular weight excluding hydrogens is 268 g/mol. The summed E-state index contributed by atoms with van der Waals surface area (Å²) >= 11 is 0. The van der Waals surface area contributed by atoms with Crippen LogP contribution in [0, 0.1) is 0 Å². The zero-order chi connectivity index (χ0) is 15.9. The molecule has 2 atom stereocenters. The Hall–Kier alpha value is -0.650. The fourth-order valence-corrected chi connectivity index (χ4v) is 2.93. The van der Waals surface area contributed by atoms with Gasteiger partial charge in [-0.2, -0.15) is 0 Å². The summed E-state index contributed by atoms with van der Waals surface area (Å²) in [5, 5.41) is 3.37. The van der Waals surface area contributed by atoms with Crippen molar-refractivity contribution in [1.29, 1.82) is 0 Å². The van der Waals surface area contributed by atoms with E-state index < -0.39 is 5.54 Å². The van der Waals surface area contributed by atoms with Crippen LogP contribution in [-0.2, 0) is 14.3 Å². The molecule has 1 fully saturated rings. The highest BCUT2D eigenvalue weighted by molar-refractivity contribution is 5.80. The van der Waals surface area contributed by atoms with Crippen molar-refractivity contribution < 1.29 is 14.3 Å². The van der Waals surface area contributed by atoms with Crippen molar-refractivity contribution in [2.24, 2.45) is 0 Å². The smallest absolute Gasteiger partial charge is 0.325 e. The van der Waals surface area contributed by atoms with E-state index in [0.717, 1.165) is 32.5 Å². The first kappa shape index (κ1) is 18.4. The van der Waals surface area contributed by atoms with E-state index in [1.165, 1.54) is 20.0 Å². The molecule has 0 radical (unpaired) electrons. The number of esters is 1. The highest BCUT2D eigenvalue weighted by atomic mass is 16.5. The van der Waals surface area contributed by atoms with Gasteiger partial charge in [-0.15, -0.1) is 0 Å². The van der Waals surface area contributed by atoms with E-state index in [0.29, 0.717) is 12.1 Å². The molecular formula is C16H32N2O3. The lowest BCUT2D eigenvalue weighted by atomic mass is 9.92. The number of hydrogen-bond acceptors (Lipinski definition) is 5. The molecule has 5 nitrogen and oxygen atoms in total. The summed E-state index contributed by atoms with van der Waals surface area (Å²) in [6, 6.07) is 0.976. The summed E-state index contributed by atoms with van der Waals surface area (Å²) in [5.74, 6) is -0.176. The van der Waals surface area contributed by atoms with Crippen LogP contribution in [0.2, 0.25) is 0 Å². The standard InChI is InChI=1S/C16H32N2O3/c1-6-9-17-16(3,15(19)21-5)12-13(2)18(10-11-20-4)14-7-8-14/h13-14,17H,6-12H2,1-5H3. The fourth-order valence-electron chi connectivity index (χ4n) is 2.93. The fraction of sp³-hybridized carbons (Fsp3) is 0.938. The van der Waals surface area contributed by atoms with Gasteiger partial charge in [-0.25, -0.2) is 0 Å². The third kappa shape index (κ3) is 5.57. The Morgan fingerprint density at radius 1 is 1.43 bits per heavy atom. The van der Waals surface area contributed by atoms with E-state index in [2.05, 4.69) is 24.1 Å². The van der Waals surface area contributed by atoms with Crippen molar-refractivity contribution in [3.05, 3.63) is 0 Å². The van der Waals surface area contributed by atoms with Crippen molar-refractivity contribution in [1.82, 2.24) is 10.2 Å². The van der Waals surface area contributed by atoms with Gasteiger partial charge in [-0.1, -0.05) is 6.92 Å². The van der Waals surface area contributed by atoms with Gasteiger partial charge in [0.25, 0.3) is 0 Å². The molecule has 0 aliphatic heterocycles. The van der Waals surface area contributed by atoms with Crippen LogP contribution < -0.4 is 5.32 Å². The molecule has 0 amide bonds. The Morgan fingerprint density at radius 2 is 2.10 bits per heavy atom. The van der Waals surface area contributed by atoms with Crippen LogP contribution in [-0.4, -0.2) is 62.4 Å². The molecule has 1 aliphatic carbocycles. The number of carbonyl (C=O) groups excluding carboxylic acids is 1. The average Bonchev–Trinajstić information content (AvgIpc) is 3.29. The lowest BCUT2D eigenvalue weighted by Crippen LogP contribution is -2.54. The van der Waals surface area contributed by atoms with Gasteiger partial charge in [-0.05, 0) is 46.1 Å². The molecule has 0 bridgehead atoms. The highest BCUT2D eigenvalue weighted by Crippen LogP contribution is 2.31. The SMILES string of the molecule is CCCNC(C)(CC(C)N(CCOC)C1CC1)C(=O)OC.